The van der Waals surface area contributed by atoms with Crippen LogP contribution in [0.25, 0.3) is 0 Å². The minimum atomic E-state index is -0.668. The van der Waals surface area contributed by atoms with E-state index < -0.39 is 12.1 Å². The van der Waals surface area contributed by atoms with Gasteiger partial charge in [0.25, 0.3) is 0 Å². The first-order valence-electron chi connectivity index (χ1n) is 29.7. The van der Waals surface area contributed by atoms with Gasteiger partial charge in [0.1, 0.15) is 0 Å². The standard InChI is InChI=1S/C61H115NO5/c1-3-5-7-9-11-13-15-30-33-37-41-45-49-53-59(64)58(57-63)62-60(65)54-50-46-42-38-34-31-28-26-24-22-20-18-17-19-21-23-25-27-29-32-36-40-44-48-52-56-67-61(66)55-51-47-43-39-35-16-14-12-10-8-6-4-2/h12,14,18-21,58-59,63-64H,3-11,13,15-17,22-57H2,1-2H3,(H,62,65)/b14-12-,20-18-,21-19-. The first kappa shape index (κ1) is 65.1. The Hall–Kier alpha value is -1.92. The zero-order valence-electron chi connectivity index (χ0n) is 44.9. The lowest BCUT2D eigenvalue weighted by molar-refractivity contribution is -0.143. The molecular formula is C61H115NO5. The Morgan fingerprint density at radius 3 is 1.18 bits per heavy atom. The van der Waals surface area contributed by atoms with Crippen LogP contribution in [0.3, 0.4) is 0 Å². The third kappa shape index (κ3) is 53.3. The molecule has 2 atom stereocenters. The maximum absolute atomic E-state index is 12.5. The summed E-state index contributed by atoms with van der Waals surface area (Å²) >= 11 is 0. The van der Waals surface area contributed by atoms with Crippen LogP contribution in [0, 0.1) is 0 Å². The molecule has 2 unspecified atom stereocenters. The minimum absolute atomic E-state index is 0.00134. The fourth-order valence-electron chi connectivity index (χ4n) is 9.08. The molecule has 0 aliphatic rings. The van der Waals surface area contributed by atoms with E-state index in [1.807, 2.05) is 0 Å². The third-order valence-electron chi connectivity index (χ3n) is 13.7. The van der Waals surface area contributed by atoms with Crippen molar-refractivity contribution in [1.29, 1.82) is 0 Å². The molecule has 0 spiro atoms. The number of aliphatic hydroxyl groups excluding tert-OH is 2. The average molecular weight is 943 g/mol. The summed E-state index contributed by atoms with van der Waals surface area (Å²) in [6.07, 6.45) is 70.0. The van der Waals surface area contributed by atoms with Crippen molar-refractivity contribution in [2.75, 3.05) is 13.2 Å². The normalized spacial score (nSPS) is 12.8. The Bertz CT molecular complexity index is 1090. The van der Waals surface area contributed by atoms with E-state index in [2.05, 4.69) is 55.6 Å². The Morgan fingerprint density at radius 2 is 0.746 bits per heavy atom. The molecule has 6 heteroatoms. The molecule has 3 N–H and O–H groups in total. The number of carbonyl (C=O) groups excluding carboxylic acids is 2. The molecule has 0 aliphatic carbocycles. The SMILES string of the molecule is CCCCC/C=C\CCCCCCCC(=O)OCCCCCCCCCCC/C=C\C/C=C\CCCCCCCCCCCC(=O)NC(CO)C(O)CCCCCCCCCCCCCCC. The van der Waals surface area contributed by atoms with E-state index >= 15 is 0 Å². The van der Waals surface area contributed by atoms with Gasteiger partial charge in [-0.15, -0.1) is 0 Å². The zero-order valence-corrected chi connectivity index (χ0v) is 44.9. The second-order valence-corrected chi connectivity index (χ2v) is 20.3. The maximum Gasteiger partial charge on any atom is 0.305 e. The van der Waals surface area contributed by atoms with Gasteiger partial charge in [-0.25, -0.2) is 0 Å². The average Bonchev–Trinajstić information content (AvgIpc) is 3.33. The lowest BCUT2D eigenvalue weighted by Gasteiger charge is -2.22. The van der Waals surface area contributed by atoms with Gasteiger partial charge in [-0.1, -0.05) is 256 Å². The van der Waals surface area contributed by atoms with Crippen molar-refractivity contribution in [2.45, 2.75) is 328 Å². The van der Waals surface area contributed by atoms with Crippen molar-refractivity contribution in [3.63, 3.8) is 0 Å². The molecule has 0 aromatic rings. The van der Waals surface area contributed by atoms with Crippen LogP contribution in [-0.4, -0.2) is 47.4 Å². The van der Waals surface area contributed by atoms with Gasteiger partial charge in [0, 0.05) is 12.8 Å². The second-order valence-electron chi connectivity index (χ2n) is 20.3. The molecule has 0 radical (unpaired) electrons. The molecule has 0 bridgehead atoms. The molecule has 0 aromatic carbocycles. The highest BCUT2D eigenvalue weighted by Crippen LogP contribution is 2.17. The fraction of sp³-hybridized carbons (Fsp3) is 0.869. The molecule has 0 heterocycles. The molecular weight excluding hydrogens is 827 g/mol. The predicted molar refractivity (Wildman–Crippen MR) is 292 cm³/mol. The molecule has 0 saturated heterocycles. The maximum atomic E-state index is 12.5. The highest BCUT2D eigenvalue weighted by atomic mass is 16.5. The molecule has 0 saturated carbocycles. The number of nitrogens with one attached hydrogen (secondary N) is 1. The molecule has 0 fully saturated rings. The number of unbranched alkanes of at least 4 members (excludes halogenated alkanes) is 38. The number of allylic oxidation sites excluding steroid dienone is 6. The van der Waals surface area contributed by atoms with Crippen molar-refractivity contribution in [1.82, 2.24) is 5.32 Å². The first-order valence-corrected chi connectivity index (χ1v) is 29.7. The molecule has 67 heavy (non-hydrogen) atoms. The van der Waals surface area contributed by atoms with Crippen LogP contribution in [0.4, 0.5) is 0 Å². The summed E-state index contributed by atoms with van der Waals surface area (Å²) in [5, 5.41) is 23.2. The number of aliphatic hydroxyl groups is 2. The molecule has 6 nitrogen and oxygen atoms in total. The summed E-state index contributed by atoms with van der Waals surface area (Å²) in [5.74, 6) is -0.0423. The molecule has 394 valence electrons. The fourth-order valence-corrected chi connectivity index (χ4v) is 9.08. The molecule has 1 amide bonds. The first-order chi connectivity index (χ1) is 33.0. The Labute approximate surface area is 417 Å². The van der Waals surface area contributed by atoms with Crippen LogP contribution in [-0.2, 0) is 14.3 Å². The van der Waals surface area contributed by atoms with Crippen LogP contribution in [0.5, 0.6) is 0 Å². The summed E-state index contributed by atoms with van der Waals surface area (Å²) in [4.78, 5) is 24.5. The van der Waals surface area contributed by atoms with Gasteiger partial charge in [0.05, 0.1) is 25.4 Å². The minimum Gasteiger partial charge on any atom is -0.466 e. The highest BCUT2D eigenvalue weighted by Gasteiger charge is 2.20. The lowest BCUT2D eigenvalue weighted by Crippen LogP contribution is -2.45. The Kier molecular flexibility index (Phi) is 55.0. The van der Waals surface area contributed by atoms with Crippen LogP contribution in [0.1, 0.15) is 316 Å². The van der Waals surface area contributed by atoms with Gasteiger partial charge in [-0.05, 0) is 83.5 Å². The van der Waals surface area contributed by atoms with E-state index in [1.54, 1.807) is 0 Å². The van der Waals surface area contributed by atoms with E-state index in [0.29, 0.717) is 25.9 Å². The largest absolute Gasteiger partial charge is 0.466 e. The van der Waals surface area contributed by atoms with Crippen LogP contribution in [0.15, 0.2) is 36.5 Å². The van der Waals surface area contributed by atoms with Crippen molar-refractivity contribution in [3.05, 3.63) is 36.5 Å². The van der Waals surface area contributed by atoms with Gasteiger partial charge < -0.3 is 20.3 Å². The Morgan fingerprint density at radius 1 is 0.418 bits per heavy atom. The summed E-state index contributed by atoms with van der Waals surface area (Å²) in [7, 11) is 0. The van der Waals surface area contributed by atoms with Crippen molar-refractivity contribution < 1.29 is 24.5 Å². The third-order valence-corrected chi connectivity index (χ3v) is 13.7. The van der Waals surface area contributed by atoms with Gasteiger partial charge >= 0.3 is 5.97 Å². The van der Waals surface area contributed by atoms with Crippen LogP contribution >= 0.6 is 0 Å². The van der Waals surface area contributed by atoms with Crippen molar-refractivity contribution in [2.24, 2.45) is 0 Å². The van der Waals surface area contributed by atoms with E-state index in [-0.39, 0.29) is 18.5 Å². The van der Waals surface area contributed by atoms with Crippen LogP contribution < -0.4 is 5.32 Å². The summed E-state index contributed by atoms with van der Waals surface area (Å²) < 4.78 is 5.46. The molecule has 0 aromatic heterocycles. The number of hydrogen-bond donors (Lipinski definition) is 3. The van der Waals surface area contributed by atoms with E-state index in [1.165, 1.54) is 231 Å². The summed E-state index contributed by atoms with van der Waals surface area (Å²) in [6.45, 7) is 4.92. The summed E-state index contributed by atoms with van der Waals surface area (Å²) in [5.41, 5.74) is 0. The number of hydrogen-bond acceptors (Lipinski definition) is 5. The second kappa shape index (κ2) is 56.7. The molecule has 0 aliphatic heterocycles. The lowest BCUT2D eigenvalue weighted by atomic mass is 10.0. The van der Waals surface area contributed by atoms with E-state index in [9.17, 15) is 19.8 Å². The van der Waals surface area contributed by atoms with Gasteiger partial charge in [0.2, 0.25) is 5.91 Å². The Balaban J connectivity index is 3.44. The number of carbonyl (C=O) groups is 2. The van der Waals surface area contributed by atoms with Crippen molar-refractivity contribution >= 4 is 11.9 Å². The monoisotopic (exact) mass is 942 g/mol. The summed E-state index contributed by atoms with van der Waals surface area (Å²) in [6, 6.07) is -0.545. The zero-order chi connectivity index (χ0) is 48.6. The number of ether oxygens (including phenoxy) is 1. The van der Waals surface area contributed by atoms with Crippen LogP contribution in [0.2, 0.25) is 0 Å². The topological polar surface area (TPSA) is 95.9 Å². The number of esters is 1. The molecule has 0 rings (SSSR count). The predicted octanol–water partition coefficient (Wildman–Crippen LogP) is 18.4. The van der Waals surface area contributed by atoms with E-state index in [4.69, 9.17) is 4.74 Å². The quantitative estimate of drug-likeness (QED) is 0.0321. The van der Waals surface area contributed by atoms with Gasteiger partial charge in [-0.2, -0.15) is 0 Å². The number of rotatable bonds is 55. The van der Waals surface area contributed by atoms with E-state index in [0.717, 1.165) is 51.4 Å². The smallest absolute Gasteiger partial charge is 0.305 e. The van der Waals surface area contributed by atoms with Gasteiger partial charge in [0.15, 0.2) is 0 Å². The highest BCUT2D eigenvalue weighted by molar-refractivity contribution is 5.76. The van der Waals surface area contributed by atoms with Crippen molar-refractivity contribution in [3.8, 4) is 0 Å². The number of amides is 1. The van der Waals surface area contributed by atoms with Gasteiger partial charge in [-0.3, -0.25) is 9.59 Å².